The normalized spacial score (nSPS) is 13.4. The summed E-state index contributed by atoms with van der Waals surface area (Å²) in [7, 11) is 1.52. The molecule has 0 bridgehead atoms. The summed E-state index contributed by atoms with van der Waals surface area (Å²) in [4.78, 5) is 15.7. The Morgan fingerprint density at radius 3 is 2.85 bits per heavy atom. The molecule has 138 valence electrons. The Balaban J connectivity index is 1.57. The second kappa shape index (κ2) is 7.06. The monoisotopic (exact) mass is 365 g/mol. The highest BCUT2D eigenvalue weighted by molar-refractivity contribution is 5.88. The smallest absolute Gasteiger partial charge is 0.335 e. The third kappa shape index (κ3) is 3.74. The predicted octanol–water partition coefficient (Wildman–Crippen LogP) is 2.86. The molecule has 3 aromatic rings. The number of hydrogen-bond acceptors (Lipinski definition) is 6. The van der Waals surface area contributed by atoms with Gasteiger partial charge in [0, 0.05) is 18.3 Å². The lowest BCUT2D eigenvalue weighted by Gasteiger charge is -2.08. The highest BCUT2D eigenvalue weighted by Crippen LogP contribution is 2.29. The first-order valence-corrected chi connectivity index (χ1v) is 8.68. The molecule has 0 saturated heterocycles. The van der Waals surface area contributed by atoms with Crippen LogP contribution in [0, 0.1) is 5.92 Å². The van der Waals surface area contributed by atoms with E-state index in [4.69, 9.17) is 4.74 Å². The Bertz CT molecular complexity index is 964. The van der Waals surface area contributed by atoms with Gasteiger partial charge in [-0.1, -0.05) is 5.21 Å². The molecular weight excluding hydrogens is 346 g/mol. The molecule has 0 aliphatic heterocycles. The van der Waals surface area contributed by atoms with Crippen molar-refractivity contribution < 1.29 is 14.6 Å². The Morgan fingerprint density at radius 1 is 1.33 bits per heavy atom. The summed E-state index contributed by atoms with van der Waals surface area (Å²) in [6.07, 6.45) is 6.05. The SMILES string of the molecule is COc1ccc(C(=O)O)cc1-n1cc(-c2ccc(NCC3CC3)nc2)nn1. The Kier molecular flexibility index (Phi) is 4.45. The molecular formula is C19H19N5O3. The maximum atomic E-state index is 11.2. The molecule has 2 N–H and O–H groups in total. The second-order valence-electron chi connectivity index (χ2n) is 6.50. The summed E-state index contributed by atoms with van der Waals surface area (Å²) in [5.74, 6) is 1.11. The summed E-state index contributed by atoms with van der Waals surface area (Å²) in [5.41, 5.74) is 2.12. The average molecular weight is 365 g/mol. The Labute approximate surface area is 155 Å². The maximum absolute atomic E-state index is 11.2. The molecule has 27 heavy (non-hydrogen) atoms. The number of aromatic carboxylic acids is 1. The minimum absolute atomic E-state index is 0.149. The average Bonchev–Trinajstić information content (AvgIpc) is 3.40. The van der Waals surface area contributed by atoms with Gasteiger partial charge in [-0.2, -0.15) is 0 Å². The lowest BCUT2D eigenvalue weighted by atomic mass is 10.2. The maximum Gasteiger partial charge on any atom is 0.335 e. The van der Waals surface area contributed by atoms with Crippen molar-refractivity contribution in [1.82, 2.24) is 20.0 Å². The van der Waals surface area contributed by atoms with Crippen LogP contribution >= 0.6 is 0 Å². The molecule has 1 saturated carbocycles. The fraction of sp³-hybridized carbons (Fsp3) is 0.263. The van der Waals surface area contributed by atoms with Crippen LogP contribution in [0.1, 0.15) is 23.2 Å². The van der Waals surface area contributed by atoms with Crippen molar-refractivity contribution in [2.75, 3.05) is 19.0 Å². The van der Waals surface area contributed by atoms with Crippen LogP contribution in [0.5, 0.6) is 5.75 Å². The standard InChI is InChI=1S/C19H19N5O3/c1-27-17-6-4-13(19(25)26)8-16(17)24-11-15(22-23-24)14-5-7-18(21-10-14)20-9-12-2-3-12/h4-8,10-12H,2-3,9H2,1H3,(H,20,21)(H,25,26). The molecule has 8 heteroatoms. The fourth-order valence-electron chi connectivity index (χ4n) is 2.74. The van der Waals surface area contributed by atoms with Gasteiger partial charge in [0.25, 0.3) is 0 Å². The number of rotatable bonds is 7. The van der Waals surface area contributed by atoms with Crippen molar-refractivity contribution in [2.45, 2.75) is 12.8 Å². The van der Waals surface area contributed by atoms with Crippen LogP contribution in [0.25, 0.3) is 16.9 Å². The number of methoxy groups -OCH3 is 1. The van der Waals surface area contributed by atoms with Crippen LogP contribution in [-0.2, 0) is 0 Å². The molecule has 0 amide bonds. The number of aromatic nitrogens is 4. The summed E-state index contributed by atoms with van der Waals surface area (Å²) >= 11 is 0. The molecule has 2 heterocycles. The van der Waals surface area contributed by atoms with Gasteiger partial charge in [0.15, 0.2) is 0 Å². The van der Waals surface area contributed by atoms with E-state index in [-0.39, 0.29) is 5.56 Å². The minimum Gasteiger partial charge on any atom is -0.494 e. The van der Waals surface area contributed by atoms with Gasteiger partial charge < -0.3 is 15.2 Å². The van der Waals surface area contributed by atoms with Crippen molar-refractivity contribution in [3.05, 3.63) is 48.3 Å². The number of ether oxygens (including phenoxy) is 1. The summed E-state index contributed by atoms with van der Waals surface area (Å²) in [6.45, 7) is 0.961. The lowest BCUT2D eigenvalue weighted by molar-refractivity contribution is 0.0697. The van der Waals surface area contributed by atoms with E-state index in [1.54, 1.807) is 18.5 Å². The van der Waals surface area contributed by atoms with Crippen LogP contribution in [-0.4, -0.2) is 44.7 Å². The van der Waals surface area contributed by atoms with E-state index >= 15 is 0 Å². The number of nitrogens with one attached hydrogen (secondary N) is 1. The minimum atomic E-state index is -1.02. The van der Waals surface area contributed by atoms with E-state index in [0.29, 0.717) is 17.1 Å². The Morgan fingerprint density at radius 2 is 2.19 bits per heavy atom. The van der Waals surface area contributed by atoms with Crippen LogP contribution in [0.3, 0.4) is 0 Å². The molecule has 0 atom stereocenters. The largest absolute Gasteiger partial charge is 0.494 e. The van der Waals surface area contributed by atoms with Crippen LogP contribution < -0.4 is 10.1 Å². The van der Waals surface area contributed by atoms with Gasteiger partial charge in [0.05, 0.1) is 18.9 Å². The molecule has 1 fully saturated rings. The van der Waals surface area contributed by atoms with Crippen LogP contribution in [0.15, 0.2) is 42.7 Å². The van der Waals surface area contributed by atoms with E-state index in [9.17, 15) is 9.90 Å². The van der Waals surface area contributed by atoms with E-state index in [1.807, 2.05) is 12.1 Å². The molecule has 0 spiro atoms. The predicted molar refractivity (Wildman–Crippen MR) is 99.3 cm³/mol. The molecule has 1 aromatic carbocycles. The van der Waals surface area contributed by atoms with Gasteiger partial charge in [-0.05, 0) is 49.1 Å². The van der Waals surface area contributed by atoms with E-state index < -0.39 is 5.97 Å². The van der Waals surface area contributed by atoms with Gasteiger partial charge in [0.2, 0.25) is 0 Å². The number of carboxylic acid groups (broad SMARTS) is 1. The van der Waals surface area contributed by atoms with Crippen molar-refractivity contribution in [2.24, 2.45) is 5.92 Å². The van der Waals surface area contributed by atoms with Crippen LogP contribution in [0.2, 0.25) is 0 Å². The van der Waals surface area contributed by atoms with Gasteiger partial charge >= 0.3 is 5.97 Å². The molecule has 4 rings (SSSR count). The summed E-state index contributed by atoms with van der Waals surface area (Å²) in [5, 5.41) is 20.8. The molecule has 1 aliphatic carbocycles. The van der Waals surface area contributed by atoms with Gasteiger partial charge in [-0.15, -0.1) is 5.10 Å². The van der Waals surface area contributed by atoms with E-state index in [1.165, 1.54) is 36.8 Å². The number of carboxylic acids is 1. The van der Waals surface area contributed by atoms with Gasteiger partial charge in [-0.3, -0.25) is 0 Å². The number of nitrogens with zero attached hydrogens (tertiary/aromatic N) is 4. The first kappa shape index (κ1) is 17.0. The number of anilines is 1. The third-order valence-corrected chi connectivity index (χ3v) is 4.49. The topological polar surface area (TPSA) is 102 Å². The number of benzene rings is 1. The van der Waals surface area contributed by atoms with Crippen molar-refractivity contribution in [1.29, 1.82) is 0 Å². The first-order chi connectivity index (χ1) is 13.1. The number of hydrogen-bond donors (Lipinski definition) is 2. The highest BCUT2D eigenvalue weighted by atomic mass is 16.5. The molecule has 0 radical (unpaired) electrons. The first-order valence-electron chi connectivity index (χ1n) is 8.68. The Hall–Kier alpha value is -3.42. The number of pyridine rings is 1. The zero-order valence-corrected chi connectivity index (χ0v) is 14.8. The van der Waals surface area contributed by atoms with Gasteiger partial charge in [-0.25, -0.2) is 14.5 Å². The molecule has 2 aromatic heterocycles. The third-order valence-electron chi connectivity index (χ3n) is 4.49. The quantitative estimate of drug-likeness (QED) is 0.664. The van der Waals surface area contributed by atoms with Crippen molar-refractivity contribution >= 4 is 11.8 Å². The van der Waals surface area contributed by atoms with E-state index in [2.05, 4.69) is 20.6 Å². The van der Waals surface area contributed by atoms with Crippen LogP contribution in [0.4, 0.5) is 5.82 Å². The highest BCUT2D eigenvalue weighted by Gasteiger charge is 2.20. The zero-order chi connectivity index (χ0) is 18.8. The van der Waals surface area contributed by atoms with Gasteiger partial charge in [0.1, 0.15) is 22.9 Å². The molecule has 1 aliphatic rings. The zero-order valence-electron chi connectivity index (χ0n) is 14.8. The van der Waals surface area contributed by atoms with Crippen molar-refractivity contribution in [3.8, 4) is 22.7 Å². The van der Waals surface area contributed by atoms with Crippen molar-refractivity contribution in [3.63, 3.8) is 0 Å². The molecule has 8 nitrogen and oxygen atoms in total. The summed E-state index contributed by atoms with van der Waals surface area (Å²) in [6, 6.07) is 8.44. The number of carbonyl (C=O) groups is 1. The lowest BCUT2D eigenvalue weighted by Crippen LogP contribution is -2.04. The molecule has 0 unspecified atom stereocenters. The fourth-order valence-corrected chi connectivity index (χ4v) is 2.74. The second-order valence-corrected chi connectivity index (χ2v) is 6.50. The summed E-state index contributed by atoms with van der Waals surface area (Å²) < 4.78 is 6.81. The van der Waals surface area contributed by atoms with E-state index in [0.717, 1.165) is 23.8 Å².